The molecule has 1 unspecified atom stereocenters. The highest BCUT2D eigenvalue weighted by atomic mass is 14.9. The fraction of sp³-hybridized carbons (Fsp3) is 1.00. The monoisotopic (exact) mass is 226 g/mol. The highest BCUT2D eigenvalue weighted by Gasteiger charge is 2.30. The van der Waals surface area contributed by atoms with E-state index in [0.717, 1.165) is 19.0 Å². The largest absolute Gasteiger partial charge is 0.316 e. The molecule has 0 radical (unpaired) electrons. The van der Waals surface area contributed by atoms with E-state index in [0.29, 0.717) is 10.8 Å². The van der Waals surface area contributed by atoms with E-state index >= 15 is 0 Å². The second-order valence-electron chi connectivity index (χ2n) is 7.20. The Morgan fingerprint density at radius 3 is 2.31 bits per heavy atom. The molecule has 96 valence electrons. The van der Waals surface area contributed by atoms with E-state index in [1.54, 1.807) is 0 Å². The predicted molar refractivity (Wildman–Crippen MR) is 71.7 cm³/mol. The van der Waals surface area contributed by atoms with Crippen LogP contribution in [0.5, 0.6) is 0 Å². The van der Waals surface area contributed by atoms with Crippen LogP contribution in [-0.2, 0) is 0 Å². The molecule has 0 aromatic rings. The molecule has 1 rings (SSSR count). The number of piperidine rings is 1. The van der Waals surface area contributed by atoms with Gasteiger partial charge in [-0.3, -0.25) is 0 Å². The van der Waals surface area contributed by atoms with E-state index in [1.165, 1.54) is 25.9 Å². The van der Waals surface area contributed by atoms with Gasteiger partial charge in [-0.25, -0.2) is 0 Å². The average molecular weight is 226 g/mol. The molecular formula is C14H30N2. The maximum atomic E-state index is 3.64. The van der Waals surface area contributed by atoms with Gasteiger partial charge in [-0.15, -0.1) is 0 Å². The van der Waals surface area contributed by atoms with Gasteiger partial charge in [0, 0.05) is 13.1 Å². The fourth-order valence-electron chi connectivity index (χ4n) is 2.42. The minimum atomic E-state index is 0.390. The molecule has 1 heterocycles. The van der Waals surface area contributed by atoms with Crippen molar-refractivity contribution in [1.29, 1.82) is 0 Å². The fourth-order valence-corrected chi connectivity index (χ4v) is 2.42. The Balaban J connectivity index is 2.32. The molecular weight excluding hydrogens is 196 g/mol. The van der Waals surface area contributed by atoms with Gasteiger partial charge in [0.1, 0.15) is 0 Å². The lowest BCUT2D eigenvalue weighted by atomic mass is 9.75. The molecule has 1 aliphatic rings. The Labute approximate surface area is 102 Å². The molecule has 0 saturated carbocycles. The normalized spacial score (nSPS) is 23.4. The van der Waals surface area contributed by atoms with Crippen LogP contribution < -0.4 is 10.6 Å². The standard InChI is InChI=1S/C14H30N2/c1-13(2,3)10-16-11-14(4,5)12-7-6-8-15-9-12/h12,15-16H,6-11H2,1-5H3. The van der Waals surface area contributed by atoms with Crippen molar-refractivity contribution in [2.24, 2.45) is 16.7 Å². The molecule has 1 fully saturated rings. The van der Waals surface area contributed by atoms with E-state index in [4.69, 9.17) is 0 Å². The quantitative estimate of drug-likeness (QED) is 0.770. The van der Waals surface area contributed by atoms with Crippen LogP contribution in [-0.4, -0.2) is 26.2 Å². The first-order chi connectivity index (χ1) is 7.31. The third-order valence-corrected chi connectivity index (χ3v) is 3.64. The zero-order valence-corrected chi connectivity index (χ0v) is 11.8. The summed E-state index contributed by atoms with van der Waals surface area (Å²) in [5, 5.41) is 7.15. The number of hydrogen-bond donors (Lipinski definition) is 2. The lowest BCUT2D eigenvalue weighted by molar-refractivity contribution is 0.161. The molecule has 16 heavy (non-hydrogen) atoms. The summed E-state index contributed by atoms with van der Waals surface area (Å²) in [6.07, 6.45) is 2.73. The molecule has 2 N–H and O–H groups in total. The summed E-state index contributed by atoms with van der Waals surface area (Å²) in [6, 6.07) is 0. The van der Waals surface area contributed by atoms with Crippen LogP contribution in [0.2, 0.25) is 0 Å². The maximum Gasteiger partial charge on any atom is 0.000587 e. The Hall–Kier alpha value is -0.0800. The molecule has 1 atom stereocenters. The molecule has 2 nitrogen and oxygen atoms in total. The van der Waals surface area contributed by atoms with Crippen molar-refractivity contribution in [3.63, 3.8) is 0 Å². The zero-order chi connectivity index (χ0) is 12.2. The first-order valence-corrected chi connectivity index (χ1v) is 6.73. The van der Waals surface area contributed by atoms with E-state index < -0.39 is 0 Å². The molecule has 1 aliphatic heterocycles. The van der Waals surface area contributed by atoms with Gasteiger partial charge in [0.15, 0.2) is 0 Å². The zero-order valence-electron chi connectivity index (χ0n) is 11.8. The van der Waals surface area contributed by atoms with Gasteiger partial charge in [-0.2, -0.15) is 0 Å². The van der Waals surface area contributed by atoms with Crippen molar-refractivity contribution in [2.45, 2.75) is 47.5 Å². The van der Waals surface area contributed by atoms with E-state index in [2.05, 4.69) is 45.3 Å². The average Bonchev–Trinajstić information content (AvgIpc) is 2.17. The smallest absolute Gasteiger partial charge is 0.000587 e. The van der Waals surface area contributed by atoms with Crippen molar-refractivity contribution >= 4 is 0 Å². The summed E-state index contributed by atoms with van der Waals surface area (Å²) in [4.78, 5) is 0. The van der Waals surface area contributed by atoms with Crippen LogP contribution in [0.25, 0.3) is 0 Å². The highest BCUT2D eigenvalue weighted by molar-refractivity contribution is 4.85. The van der Waals surface area contributed by atoms with Crippen LogP contribution in [0.4, 0.5) is 0 Å². The van der Waals surface area contributed by atoms with Crippen LogP contribution in [0.15, 0.2) is 0 Å². The molecule has 0 amide bonds. The summed E-state index contributed by atoms with van der Waals surface area (Å²) >= 11 is 0. The minimum Gasteiger partial charge on any atom is -0.316 e. The van der Waals surface area contributed by atoms with E-state index in [9.17, 15) is 0 Å². The summed E-state index contributed by atoms with van der Waals surface area (Å²) < 4.78 is 0. The maximum absolute atomic E-state index is 3.64. The molecule has 2 heteroatoms. The highest BCUT2D eigenvalue weighted by Crippen LogP contribution is 2.31. The van der Waals surface area contributed by atoms with Crippen LogP contribution in [0, 0.1) is 16.7 Å². The van der Waals surface area contributed by atoms with Gasteiger partial charge in [-0.05, 0) is 42.7 Å². The Morgan fingerprint density at radius 1 is 1.12 bits per heavy atom. The molecule has 1 saturated heterocycles. The molecule has 0 aromatic carbocycles. The second kappa shape index (κ2) is 5.50. The number of hydrogen-bond acceptors (Lipinski definition) is 2. The summed E-state index contributed by atoms with van der Waals surface area (Å²) in [5.74, 6) is 0.828. The van der Waals surface area contributed by atoms with Gasteiger partial charge in [0.25, 0.3) is 0 Å². The van der Waals surface area contributed by atoms with Gasteiger partial charge < -0.3 is 10.6 Å². The summed E-state index contributed by atoms with van der Waals surface area (Å²) in [6.45, 7) is 16.3. The van der Waals surface area contributed by atoms with Crippen molar-refractivity contribution < 1.29 is 0 Å². The minimum absolute atomic E-state index is 0.390. The van der Waals surface area contributed by atoms with Crippen molar-refractivity contribution in [1.82, 2.24) is 10.6 Å². The van der Waals surface area contributed by atoms with Crippen LogP contribution in [0.1, 0.15) is 47.5 Å². The molecule has 0 bridgehead atoms. The Kier molecular flexibility index (Phi) is 4.81. The lowest BCUT2D eigenvalue weighted by Gasteiger charge is -2.38. The third kappa shape index (κ3) is 4.84. The molecule has 0 spiro atoms. The van der Waals surface area contributed by atoms with Crippen molar-refractivity contribution in [3.05, 3.63) is 0 Å². The lowest BCUT2D eigenvalue weighted by Crippen LogP contribution is -2.44. The molecule has 0 aliphatic carbocycles. The van der Waals surface area contributed by atoms with Crippen LogP contribution >= 0.6 is 0 Å². The molecule has 0 aromatic heterocycles. The Bertz CT molecular complexity index is 197. The van der Waals surface area contributed by atoms with Crippen LogP contribution in [0.3, 0.4) is 0 Å². The van der Waals surface area contributed by atoms with Crippen molar-refractivity contribution in [3.8, 4) is 0 Å². The SMILES string of the molecule is CC(C)(C)CNCC(C)(C)C1CCCNC1. The summed E-state index contributed by atoms with van der Waals surface area (Å²) in [5.41, 5.74) is 0.805. The van der Waals surface area contributed by atoms with Gasteiger partial charge in [0.05, 0.1) is 0 Å². The topological polar surface area (TPSA) is 24.1 Å². The first-order valence-electron chi connectivity index (χ1n) is 6.73. The van der Waals surface area contributed by atoms with Gasteiger partial charge in [-0.1, -0.05) is 34.6 Å². The third-order valence-electron chi connectivity index (χ3n) is 3.64. The van der Waals surface area contributed by atoms with Crippen molar-refractivity contribution in [2.75, 3.05) is 26.2 Å². The first kappa shape index (κ1) is 14.0. The van der Waals surface area contributed by atoms with E-state index in [-0.39, 0.29) is 0 Å². The number of rotatable bonds is 4. The second-order valence-corrected chi connectivity index (χ2v) is 7.20. The Morgan fingerprint density at radius 2 is 1.81 bits per heavy atom. The van der Waals surface area contributed by atoms with Gasteiger partial charge in [0.2, 0.25) is 0 Å². The van der Waals surface area contributed by atoms with Gasteiger partial charge >= 0.3 is 0 Å². The van der Waals surface area contributed by atoms with E-state index in [1.807, 2.05) is 0 Å². The number of nitrogens with one attached hydrogen (secondary N) is 2. The summed E-state index contributed by atoms with van der Waals surface area (Å²) in [7, 11) is 0. The predicted octanol–water partition coefficient (Wildman–Crippen LogP) is 2.65.